The molecule has 0 bridgehead atoms. The molecule has 0 fully saturated rings. The highest BCUT2D eigenvalue weighted by Crippen LogP contribution is 2.14. The minimum Gasteiger partial charge on any atom is -0.300 e. The Kier molecular flexibility index (Phi) is 7.38. The molecule has 118 valence electrons. The minimum atomic E-state index is -0.402. The van der Waals surface area contributed by atoms with Gasteiger partial charge in [0.15, 0.2) is 5.82 Å². The van der Waals surface area contributed by atoms with Gasteiger partial charge >= 0.3 is 0 Å². The summed E-state index contributed by atoms with van der Waals surface area (Å²) in [4.78, 5) is 4.52. The molecule has 0 amide bonds. The topological polar surface area (TPSA) is 66.5 Å². The van der Waals surface area contributed by atoms with Crippen molar-refractivity contribution in [3.05, 3.63) is 11.6 Å². The molecule has 1 heterocycles. The number of nitriles is 1. The molecule has 1 rings (SSSR count). The molecule has 1 atom stereocenters. The summed E-state index contributed by atoms with van der Waals surface area (Å²) in [6.07, 6.45) is 5.78. The zero-order valence-electron chi connectivity index (χ0n) is 13.9. The van der Waals surface area contributed by atoms with E-state index in [0.717, 1.165) is 63.3 Å². The fourth-order valence-corrected chi connectivity index (χ4v) is 2.34. The van der Waals surface area contributed by atoms with E-state index >= 15 is 0 Å². The predicted octanol–water partition coefficient (Wildman–Crippen LogP) is 2.86. The van der Waals surface area contributed by atoms with Crippen LogP contribution in [0, 0.1) is 11.3 Å². The summed E-state index contributed by atoms with van der Waals surface area (Å²) in [5.41, 5.74) is -0.402. The third kappa shape index (κ3) is 5.47. The summed E-state index contributed by atoms with van der Waals surface area (Å²) in [5.74, 6) is 2.00. The Labute approximate surface area is 128 Å². The number of unbranched alkanes of at least 4 members (excludes halogenated alkanes) is 1. The van der Waals surface area contributed by atoms with E-state index in [0.29, 0.717) is 0 Å². The Hall–Kier alpha value is -1.41. The Bertz CT molecular complexity index is 460. The molecule has 5 heteroatoms. The Morgan fingerprint density at radius 1 is 1.24 bits per heavy atom. The molecule has 1 aromatic heterocycles. The number of hydrogen-bond acceptors (Lipinski definition) is 4. The molecule has 1 unspecified atom stereocenters. The van der Waals surface area contributed by atoms with Gasteiger partial charge in [-0.25, -0.2) is 9.67 Å². The van der Waals surface area contributed by atoms with E-state index in [1.165, 1.54) is 0 Å². The van der Waals surface area contributed by atoms with Crippen LogP contribution in [0.5, 0.6) is 0 Å². The molecule has 0 aromatic carbocycles. The third-order valence-electron chi connectivity index (χ3n) is 3.73. The Morgan fingerprint density at radius 3 is 2.57 bits per heavy atom. The largest absolute Gasteiger partial charge is 0.300 e. The lowest BCUT2D eigenvalue weighted by Crippen LogP contribution is -2.41. The van der Waals surface area contributed by atoms with E-state index in [-0.39, 0.29) is 0 Å². The molecule has 0 saturated carbocycles. The molecule has 0 aliphatic rings. The second-order valence-electron chi connectivity index (χ2n) is 5.70. The highest BCUT2D eigenvalue weighted by molar-refractivity contribution is 5.03. The van der Waals surface area contributed by atoms with Crippen molar-refractivity contribution < 1.29 is 0 Å². The van der Waals surface area contributed by atoms with Crippen LogP contribution >= 0.6 is 0 Å². The van der Waals surface area contributed by atoms with Gasteiger partial charge in [-0.2, -0.15) is 10.4 Å². The summed E-state index contributed by atoms with van der Waals surface area (Å²) in [6.45, 7) is 10.1. The maximum atomic E-state index is 9.31. The molecule has 0 aliphatic carbocycles. The fraction of sp³-hybridized carbons (Fsp3) is 0.812. The lowest BCUT2D eigenvalue weighted by molar-refractivity contribution is 0.391. The van der Waals surface area contributed by atoms with Crippen molar-refractivity contribution in [3.63, 3.8) is 0 Å². The molecular weight excluding hydrogens is 262 g/mol. The summed E-state index contributed by atoms with van der Waals surface area (Å²) in [6, 6.07) is 2.40. The molecule has 5 nitrogen and oxygen atoms in total. The van der Waals surface area contributed by atoms with Gasteiger partial charge in [-0.3, -0.25) is 5.32 Å². The lowest BCUT2D eigenvalue weighted by Gasteiger charge is -2.23. The van der Waals surface area contributed by atoms with Crippen molar-refractivity contribution in [1.82, 2.24) is 20.1 Å². The quantitative estimate of drug-likeness (QED) is 0.673. The second kappa shape index (κ2) is 8.78. The molecule has 0 aliphatic heterocycles. The molecule has 21 heavy (non-hydrogen) atoms. The van der Waals surface area contributed by atoms with Gasteiger partial charge in [0.05, 0.1) is 6.07 Å². The van der Waals surface area contributed by atoms with Crippen LogP contribution in [0.3, 0.4) is 0 Å². The average molecular weight is 291 g/mol. The highest BCUT2D eigenvalue weighted by Gasteiger charge is 2.21. The number of hydrogen-bond donors (Lipinski definition) is 1. The number of nitrogens with zero attached hydrogens (tertiary/aromatic N) is 4. The van der Waals surface area contributed by atoms with Crippen molar-refractivity contribution in [2.75, 3.05) is 6.54 Å². The molecular formula is C16H29N5. The fourth-order valence-electron chi connectivity index (χ4n) is 2.34. The van der Waals surface area contributed by atoms with Gasteiger partial charge in [-0.05, 0) is 39.2 Å². The first-order valence-electron chi connectivity index (χ1n) is 8.17. The van der Waals surface area contributed by atoms with Gasteiger partial charge in [0.1, 0.15) is 11.4 Å². The first-order chi connectivity index (χ1) is 10.1. The Balaban J connectivity index is 2.43. The van der Waals surface area contributed by atoms with Crippen LogP contribution in [-0.4, -0.2) is 26.8 Å². The first kappa shape index (κ1) is 17.6. The van der Waals surface area contributed by atoms with Crippen LogP contribution in [0.4, 0.5) is 0 Å². The standard InChI is InChI=1S/C16H29N5/c1-5-11-18-16(4,13-17)10-8-9-12-21-15(7-3)19-14(6-2)20-21/h18H,5-12H2,1-4H3. The van der Waals surface area contributed by atoms with Gasteiger partial charge < -0.3 is 0 Å². The maximum Gasteiger partial charge on any atom is 0.150 e. The smallest absolute Gasteiger partial charge is 0.150 e. The van der Waals surface area contributed by atoms with Crippen molar-refractivity contribution in [2.45, 2.75) is 78.3 Å². The molecule has 0 saturated heterocycles. The van der Waals surface area contributed by atoms with Crippen LogP contribution in [0.25, 0.3) is 0 Å². The molecule has 1 N–H and O–H groups in total. The normalized spacial score (nSPS) is 13.9. The average Bonchev–Trinajstić information content (AvgIpc) is 2.92. The van der Waals surface area contributed by atoms with Crippen molar-refractivity contribution in [2.24, 2.45) is 0 Å². The maximum absolute atomic E-state index is 9.31. The minimum absolute atomic E-state index is 0.402. The third-order valence-corrected chi connectivity index (χ3v) is 3.73. The predicted molar refractivity (Wildman–Crippen MR) is 84.9 cm³/mol. The van der Waals surface area contributed by atoms with E-state index in [4.69, 9.17) is 0 Å². The van der Waals surface area contributed by atoms with Crippen LogP contribution in [-0.2, 0) is 19.4 Å². The number of aromatic nitrogens is 3. The zero-order valence-corrected chi connectivity index (χ0v) is 13.9. The van der Waals surface area contributed by atoms with Gasteiger partial charge in [-0.15, -0.1) is 0 Å². The van der Waals surface area contributed by atoms with Crippen molar-refractivity contribution >= 4 is 0 Å². The summed E-state index contributed by atoms with van der Waals surface area (Å²) in [5, 5.41) is 17.2. The monoisotopic (exact) mass is 291 g/mol. The number of aryl methyl sites for hydroxylation is 3. The number of nitrogens with one attached hydrogen (secondary N) is 1. The summed E-state index contributed by atoms with van der Waals surface area (Å²) >= 11 is 0. The van der Waals surface area contributed by atoms with Crippen LogP contribution in [0.15, 0.2) is 0 Å². The van der Waals surface area contributed by atoms with Gasteiger partial charge in [0.25, 0.3) is 0 Å². The van der Waals surface area contributed by atoms with Crippen LogP contribution in [0.2, 0.25) is 0 Å². The highest BCUT2D eigenvalue weighted by atomic mass is 15.3. The van der Waals surface area contributed by atoms with E-state index in [1.807, 2.05) is 11.6 Å². The molecule has 0 spiro atoms. The van der Waals surface area contributed by atoms with Crippen molar-refractivity contribution in [1.29, 1.82) is 5.26 Å². The lowest BCUT2D eigenvalue weighted by atomic mass is 9.96. The summed E-state index contributed by atoms with van der Waals surface area (Å²) < 4.78 is 2.03. The van der Waals surface area contributed by atoms with Crippen LogP contribution in [0.1, 0.15) is 65.0 Å². The SMILES string of the molecule is CCCNC(C)(C#N)CCCCn1nc(CC)nc1CC. The zero-order chi connectivity index (χ0) is 15.7. The molecule has 1 aromatic rings. The van der Waals surface area contributed by atoms with E-state index < -0.39 is 5.54 Å². The van der Waals surface area contributed by atoms with Gasteiger partial charge in [0, 0.05) is 19.4 Å². The second-order valence-corrected chi connectivity index (χ2v) is 5.70. The number of rotatable bonds is 10. The Morgan fingerprint density at radius 2 is 2.00 bits per heavy atom. The van der Waals surface area contributed by atoms with Gasteiger partial charge in [-0.1, -0.05) is 20.8 Å². The molecule has 0 radical (unpaired) electrons. The van der Waals surface area contributed by atoms with Crippen molar-refractivity contribution in [3.8, 4) is 6.07 Å². The van der Waals surface area contributed by atoms with E-state index in [9.17, 15) is 5.26 Å². The van der Waals surface area contributed by atoms with Crippen LogP contribution < -0.4 is 5.32 Å². The summed E-state index contributed by atoms with van der Waals surface area (Å²) in [7, 11) is 0. The van der Waals surface area contributed by atoms with E-state index in [2.05, 4.69) is 42.2 Å². The van der Waals surface area contributed by atoms with Gasteiger partial charge in [0.2, 0.25) is 0 Å². The van der Waals surface area contributed by atoms with E-state index in [1.54, 1.807) is 0 Å². The first-order valence-corrected chi connectivity index (χ1v) is 8.17.